The number of piperidine rings is 1. The summed E-state index contributed by atoms with van der Waals surface area (Å²) in [5.74, 6) is 0. The van der Waals surface area contributed by atoms with Gasteiger partial charge in [-0.05, 0) is 24.8 Å². The Morgan fingerprint density at radius 1 is 1.24 bits per heavy atom. The predicted molar refractivity (Wildman–Crippen MR) is 69.8 cm³/mol. The molecule has 0 radical (unpaired) electrons. The van der Waals surface area contributed by atoms with Gasteiger partial charge in [-0.1, -0.05) is 20.8 Å². The molecule has 0 spiro atoms. The highest BCUT2D eigenvalue weighted by Gasteiger charge is 2.35. The highest BCUT2D eigenvalue weighted by molar-refractivity contribution is 7.86. The largest absolute Gasteiger partial charge is 0.330 e. The minimum atomic E-state index is -3.26. The van der Waals surface area contributed by atoms with Gasteiger partial charge in [-0.2, -0.15) is 17.0 Å². The number of rotatable bonds is 5. The van der Waals surface area contributed by atoms with Crippen molar-refractivity contribution >= 4 is 10.2 Å². The number of nitrogens with zero attached hydrogens (tertiary/aromatic N) is 2. The van der Waals surface area contributed by atoms with E-state index in [0.717, 1.165) is 12.8 Å². The molecule has 1 fully saturated rings. The molecule has 0 aromatic rings. The maximum atomic E-state index is 12.3. The van der Waals surface area contributed by atoms with Gasteiger partial charge in [0.25, 0.3) is 10.2 Å². The van der Waals surface area contributed by atoms with Gasteiger partial charge >= 0.3 is 0 Å². The van der Waals surface area contributed by atoms with Crippen LogP contribution in [-0.4, -0.2) is 49.8 Å². The molecule has 0 aliphatic carbocycles. The lowest BCUT2D eigenvalue weighted by atomic mass is 9.81. The van der Waals surface area contributed by atoms with Crippen LogP contribution in [0.4, 0.5) is 0 Å². The van der Waals surface area contributed by atoms with E-state index in [-0.39, 0.29) is 5.41 Å². The molecule has 17 heavy (non-hydrogen) atoms. The molecule has 0 amide bonds. The lowest BCUT2D eigenvalue weighted by Gasteiger charge is -2.39. The molecular formula is C11H25N3O2S. The lowest BCUT2D eigenvalue weighted by molar-refractivity contribution is 0.176. The van der Waals surface area contributed by atoms with Crippen LogP contribution >= 0.6 is 0 Å². The first-order chi connectivity index (χ1) is 7.89. The maximum Gasteiger partial charge on any atom is 0.281 e. The van der Waals surface area contributed by atoms with E-state index >= 15 is 0 Å². The van der Waals surface area contributed by atoms with Gasteiger partial charge in [0.05, 0.1) is 0 Å². The van der Waals surface area contributed by atoms with Crippen molar-refractivity contribution in [2.24, 2.45) is 11.1 Å². The average Bonchev–Trinajstić information content (AvgIpc) is 2.31. The van der Waals surface area contributed by atoms with E-state index in [9.17, 15) is 8.42 Å². The van der Waals surface area contributed by atoms with E-state index in [1.807, 2.05) is 13.8 Å². The second-order valence-electron chi connectivity index (χ2n) is 5.01. The van der Waals surface area contributed by atoms with Crippen molar-refractivity contribution in [3.8, 4) is 0 Å². The van der Waals surface area contributed by atoms with Crippen LogP contribution in [0, 0.1) is 5.41 Å². The minimum Gasteiger partial charge on any atom is -0.330 e. The number of nitrogens with two attached hydrogens (primary N) is 1. The molecule has 2 N–H and O–H groups in total. The second kappa shape index (κ2) is 5.65. The first-order valence-electron chi connectivity index (χ1n) is 6.35. The monoisotopic (exact) mass is 263 g/mol. The molecule has 0 aromatic carbocycles. The van der Waals surface area contributed by atoms with Crippen molar-refractivity contribution in [2.75, 3.05) is 32.7 Å². The highest BCUT2D eigenvalue weighted by atomic mass is 32.2. The standard InChI is InChI=1S/C11H25N3O2S/c1-4-13(5-2)17(15,16)14-8-6-11(3,10-12)7-9-14/h4-10,12H2,1-3H3. The molecule has 0 aromatic heterocycles. The van der Waals surface area contributed by atoms with Crippen LogP contribution in [0.2, 0.25) is 0 Å². The minimum absolute atomic E-state index is 0.106. The van der Waals surface area contributed by atoms with Crippen LogP contribution in [0.3, 0.4) is 0 Å². The van der Waals surface area contributed by atoms with Crippen LogP contribution in [0.5, 0.6) is 0 Å². The summed E-state index contributed by atoms with van der Waals surface area (Å²) in [4.78, 5) is 0. The van der Waals surface area contributed by atoms with Crippen molar-refractivity contribution in [1.29, 1.82) is 0 Å². The Morgan fingerprint density at radius 2 is 1.71 bits per heavy atom. The fourth-order valence-corrected chi connectivity index (χ4v) is 3.80. The summed E-state index contributed by atoms with van der Waals surface area (Å²) in [5.41, 5.74) is 5.83. The van der Waals surface area contributed by atoms with Gasteiger partial charge in [-0.3, -0.25) is 0 Å². The molecule has 1 saturated heterocycles. The fourth-order valence-electron chi connectivity index (χ4n) is 2.17. The Morgan fingerprint density at radius 3 is 2.06 bits per heavy atom. The van der Waals surface area contributed by atoms with Gasteiger partial charge in [0.1, 0.15) is 0 Å². The predicted octanol–water partition coefficient (Wildman–Crippen LogP) is 0.634. The van der Waals surface area contributed by atoms with E-state index in [1.165, 1.54) is 4.31 Å². The average molecular weight is 263 g/mol. The van der Waals surface area contributed by atoms with Crippen molar-refractivity contribution in [1.82, 2.24) is 8.61 Å². The first kappa shape index (κ1) is 14.9. The molecule has 0 atom stereocenters. The highest BCUT2D eigenvalue weighted by Crippen LogP contribution is 2.31. The van der Waals surface area contributed by atoms with Crippen LogP contribution in [0.25, 0.3) is 0 Å². The van der Waals surface area contributed by atoms with E-state index < -0.39 is 10.2 Å². The summed E-state index contributed by atoms with van der Waals surface area (Å²) < 4.78 is 27.6. The van der Waals surface area contributed by atoms with Gasteiger partial charge in [0, 0.05) is 26.2 Å². The Bertz CT molecular complexity index is 331. The SMILES string of the molecule is CCN(CC)S(=O)(=O)N1CCC(C)(CN)CC1. The van der Waals surface area contributed by atoms with Crippen molar-refractivity contribution < 1.29 is 8.42 Å². The molecular weight excluding hydrogens is 238 g/mol. The Kier molecular flexibility index (Phi) is 4.95. The third-order valence-electron chi connectivity index (χ3n) is 3.78. The topological polar surface area (TPSA) is 66.6 Å². The van der Waals surface area contributed by atoms with Crippen molar-refractivity contribution in [3.63, 3.8) is 0 Å². The maximum absolute atomic E-state index is 12.3. The molecule has 1 heterocycles. The van der Waals surface area contributed by atoms with E-state index in [2.05, 4.69) is 6.92 Å². The molecule has 1 aliphatic rings. The molecule has 0 saturated carbocycles. The quantitative estimate of drug-likeness (QED) is 0.791. The van der Waals surface area contributed by atoms with Crippen LogP contribution < -0.4 is 5.73 Å². The van der Waals surface area contributed by atoms with E-state index in [1.54, 1.807) is 4.31 Å². The molecule has 1 aliphatic heterocycles. The zero-order chi connectivity index (χ0) is 13.1. The Hall–Kier alpha value is -0.170. The first-order valence-corrected chi connectivity index (χ1v) is 7.74. The Labute approximate surface area is 105 Å². The van der Waals surface area contributed by atoms with Crippen LogP contribution in [-0.2, 0) is 10.2 Å². The summed E-state index contributed by atoms with van der Waals surface area (Å²) in [6.07, 6.45) is 1.70. The van der Waals surface area contributed by atoms with Crippen LogP contribution in [0.15, 0.2) is 0 Å². The summed E-state index contributed by atoms with van der Waals surface area (Å²) in [6, 6.07) is 0. The molecule has 0 bridgehead atoms. The zero-order valence-electron chi connectivity index (χ0n) is 11.1. The normalized spacial score (nSPS) is 21.9. The Balaban J connectivity index is 2.71. The van der Waals surface area contributed by atoms with Crippen LogP contribution in [0.1, 0.15) is 33.6 Å². The summed E-state index contributed by atoms with van der Waals surface area (Å²) in [5, 5.41) is 0. The molecule has 5 nitrogen and oxygen atoms in total. The van der Waals surface area contributed by atoms with Crippen molar-refractivity contribution in [3.05, 3.63) is 0 Å². The molecule has 0 unspecified atom stereocenters. The van der Waals surface area contributed by atoms with Crippen molar-refractivity contribution in [2.45, 2.75) is 33.6 Å². The van der Waals surface area contributed by atoms with E-state index in [4.69, 9.17) is 5.73 Å². The van der Waals surface area contributed by atoms with Gasteiger partial charge in [0.2, 0.25) is 0 Å². The molecule has 6 heteroatoms. The van der Waals surface area contributed by atoms with Gasteiger partial charge < -0.3 is 5.73 Å². The zero-order valence-corrected chi connectivity index (χ0v) is 12.0. The van der Waals surface area contributed by atoms with Gasteiger partial charge in [-0.15, -0.1) is 0 Å². The number of hydrogen-bond acceptors (Lipinski definition) is 3. The third-order valence-corrected chi connectivity index (χ3v) is 5.97. The fraction of sp³-hybridized carbons (Fsp3) is 1.00. The van der Waals surface area contributed by atoms with Gasteiger partial charge in [0.15, 0.2) is 0 Å². The third kappa shape index (κ3) is 3.19. The lowest BCUT2D eigenvalue weighted by Crippen LogP contribution is -2.50. The second-order valence-corrected chi connectivity index (χ2v) is 6.93. The smallest absolute Gasteiger partial charge is 0.281 e. The van der Waals surface area contributed by atoms with E-state index in [0.29, 0.717) is 32.7 Å². The van der Waals surface area contributed by atoms with Gasteiger partial charge in [-0.25, -0.2) is 0 Å². The summed E-state index contributed by atoms with van der Waals surface area (Å²) in [7, 11) is -3.26. The molecule has 1 rings (SSSR count). The molecule has 102 valence electrons. The number of hydrogen-bond donors (Lipinski definition) is 1. The summed E-state index contributed by atoms with van der Waals surface area (Å²) >= 11 is 0. The summed E-state index contributed by atoms with van der Waals surface area (Å²) in [6.45, 7) is 8.75.